The zero-order valence-electron chi connectivity index (χ0n) is 35.6. The van der Waals surface area contributed by atoms with E-state index in [1.54, 1.807) is 0 Å². The maximum absolute atomic E-state index is 8.00. The van der Waals surface area contributed by atoms with Crippen LogP contribution in [-0.4, -0.2) is 53.1 Å². The van der Waals surface area contributed by atoms with E-state index in [1.807, 2.05) is 13.6 Å². The van der Waals surface area contributed by atoms with Gasteiger partial charge in [0.25, 0.3) is 0 Å². The van der Waals surface area contributed by atoms with Gasteiger partial charge in [-0.15, -0.1) is 0 Å². The molecule has 0 saturated carbocycles. The molecule has 0 unspecified atom stereocenters. The van der Waals surface area contributed by atoms with E-state index in [-0.39, 0.29) is 8.85 Å². The van der Waals surface area contributed by atoms with Gasteiger partial charge in [-0.2, -0.15) is 0 Å². The molecular formula is C47H101NO4. The van der Waals surface area contributed by atoms with Gasteiger partial charge in [-0.3, -0.25) is 0 Å². The zero-order chi connectivity index (χ0) is 38.1. The molecule has 0 amide bonds. The van der Waals surface area contributed by atoms with E-state index in [1.165, 1.54) is 219 Å². The first kappa shape index (κ1) is 57.9. The molecule has 0 aliphatic heterocycles. The number of ether oxygens (including phenoxy) is 2. The summed E-state index contributed by atoms with van der Waals surface area (Å²) in [4.78, 5) is 16.0. The third-order valence-electron chi connectivity index (χ3n) is 10.5. The molecule has 0 radical (unpaired) electrons. The van der Waals surface area contributed by atoms with Crippen LogP contribution in [0.5, 0.6) is 0 Å². The summed E-state index contributed by atoms with van der Waals surface area (Å²) in [6.07, 6.45) is 44.0. The highest BCUT2D eigenvalue weighted by Crippen LogP contribution is 2.23. The summed E-state index contributed by atoms with van der Waals surface area (Å²) in [5, 5.41) is 3.68. The number of nitrogens with one attached hydrogen (secondary N) is 1. The maximum Gasteiger partial charge on any atom is 0.106 e. The molecule has 0 rings (SSSR count). The Morgan fingerprint density at radius 3 is 0.923 bits per heavy atom. The van der Waals surface area contributed by atoms with Crippen LogP contribution in [0.1, 0.15) is 242 Å². The minimum Gasteiger partial charge on any atom is -0.381 e. The number of hydrogen-bond acceptors (Lipinski definition) is 5. The lowest BCUT2D eigenvalue weighted by Gasteiger charge is -2.16. The van der Waals surface area contributed by atoms with Crippen molar-refractivity contribution in [2.45, 2.75) is 241 Å². The van der Waals surface area contributed by atoms with Crippen LogP contribution in [0.25, 0.3) is 0 Å². The number of hydrogen-bond donors (Lipinski definition) is 1. The largest absolute Gasteiger partial charge is 0.381 e. The molecule has 0 aromatic carbocycles. The Hall–Kier alpha value is -0.780. The van der Waals surface area contributed by atoms with Gasteiger partial charge in [-0.1, -0.05) is 189 Å². The van der Waals surface area contributed by atoms with Crippen molar-refractivity contribution in [2.75, 3.05) is 39.5 Å². The summed E-state index contributed by atoms with van der Waals surface area (Å²) >= 11 is 0. The molecule has 0 aromatic heterocycles. The average molecular weight is 744 g/mol. The van der Waals surface area contributed by atoms with Crippen molar-refractivity contribution in [2.24, 2.45) is 11.8 Å². The van der Waals surface area contributed by atoms with Gasteiger partial charge in [0.1, 0.15) is 13.6 Å². The summed E-state index contributed by atoms with van der Waals surface area (Å²) in [6, 6.07) is 0. The van der Waals surface area contributed by atoms with Crippen LogP contribution < -0.4 is 5.32 Å². The van der Waals surface area contributed by atoms with Crippen molar-refractivity contribution in [3.05, 3.63) is 0 Å². The van der Waals surface area contributed by atoms with Gasteiger partial charge in [-0.25, -0.2) is 0 Å². The molecule has 0 fully saturated rings. The molecule has 0 spiro atoms. The van der Waals surface area contributed by atoms with Crippen LogP contribution in [0.4, 0.5) is 0 Å². The van der Waals surface area contributed by atoms with Crippen LogP contribution in [-0.2, 0) is 19.1 Å². The first-order valence-corrected chi connectivity index (χ1v) is 22.7. The zero-order valence-corrected chi connectivity index (χ0v) is 35.6. The summed E-state index contributed by atoms with van der Waals surface area (Å²) in [5.41, 5.74) is 0. The third-order valence-corrected chi connectivity index (χ3v) is 10.5. The molecule has 1 N–H and O–H groups in total. The Labute approximate surface area is 330 Å². The number of rotatable bonds is 42. The second-order valence-corrected chi connectivity index (χ2v) is 15.2. The highest BCUT2D eigenvalue weighted by atomic mass is 16.5. The molecule has 0 heterocycles. The Kier molecular flexibility index (Phi) is 63.5. The van der Waals surface area contributed by atoms with E-state index >= 15 is 0 Å². The van der Waals surface area contributed by atoms with Gasteiger partial charge in [-0.05, 0) is 76.3 Å². The summed E-state index contributed by atoms with van der Waals surface area (Å²) in [6.45, 7) is 19.6. The quantitative estimate of drug-likeness (QED) is 0.0631. The third kappa shape index (κ3) is 51.3. The van der Waals surface area contributed by atoms with Crippen molar-refractivity contribution in [1.29, 1.82) is 0 Å². The lowest BCUT2D eigenvalue weighted by Crippen LogP contribution is -2.16. The SMILES string of the molecule is C.C=O.C=O.CCCCCC(CCCCC)CCCOCCCCCCCCNCCCCCCCCOCCCC(CCCCC)CCCCC.[HH]. The number of carbonyl (C=O) groups excluding carboxylic acids is 2. The van der Waals surface area contributed by atoms with Gasteiger partial charge in [0, 0.05) is 27.9 Å². The Balaban J connectivity index is -0.00000123. The minimum absolute atomic E-state index is 0. The highest BCUT2D eigenvalue weighted by Gasteiger charge is 2.09. The van der Waals surface area contributed by atoms with Crippen molar-refractivity contribution in [3.8, 4) is 0 Å². The standard InChI is InChI=1S/C44H91NO2.2CH2O.CH4.H2/c1-5-9-21-31-43(32-22-10-6-2)35-29-41-46-39-27-19-15-13-17-25-37-45-38-26-18-14-16-20-28-40-47-42-30-36-44(33-23-11-7-3)34-24-12-8-4;2*1-2;;/h43-45H,5-42H2,1-4H3;2*1H2;1H4;1H. The maximum atomic E-state index is 8.00. The van der Waals surface area contributed by atoms with E-state index in [9.17, 15) is 0 Å². The molecule has 0 bridgehead atoms. The lowest BCUT2D eigenvalue weighted by atomic mass is 9.91. The fraction of sp³-hybridized carbons (Fsp3) is 0.957. The summed E-state index contributed by atoms with van der Waals surface area (Å²) in [7, 11) is 0. The van der Waals surface area contributed by atoms with Crippen LogP contribution >= 0.6 is 0 Å². The number of carbonyl (C=O) groups is 2. The van der Waals surface area contributed by atoms with Crippen LogP contribution in [0.15, 0.2) is 0 Å². The minimum atomic E-state index is 0. The van der Waals surface area contributed by atoms with Gasteiger partial charge < -0.3 is 24.4 Å². The van der Waals surface area contributed by atoms with E-state index in [0.717, 1.165) is 38.3 Å². The molecule has 0 saturated heterocycles. The van der Waals surface area contributed by atoms with E-state index in [4.69, 9.17) is 19.1 Å². The van der Waals surface area contributed by atoms with Crippen molar-refractivity contribution in [1.82, 2.24) is 5.32 Å². The van der Waals surface area contributed by atoms with E-state index in [0.29, 0.717) is 0 Å². The van der Waals surface area contributed by atoms with Gasteiger partial charge >= 0.3 is 0 Å². The average Bonchev–Trinajstić information content (AvgIpc) is 3.16. The lowest BCUT2D eigenvalue weighted by molar-refractivity contribution is -0.0987. The first-order valence-electron chi connectivity index (χ1n) is 22.7. The smallest absolute Gasteiger partial charge is 0.106 e. The van der Waals surface area contributed by atoms with Gasteiger partial charge in [0.15, 0.2) is 0 Å². The second kappa shape index (κ2) is 57.0. The molecule has 0 aromatic rings. The molecule has 0 aliphatic carbocycles. The fourth-order valence-corrected chi connectivity index (χ4v) is 7.20. The topological polar surface area (TPSA) is 64.6 Å². The monoisotopic (exact) mass is 744 g/mol. The van der Waals surface area contributed by atoms with E-state index in [2.05, 4.69) is 33.0 Å². The highest BCUT2D eigenvalue weighted by molar-refractivity contribution is 5.11. The Morgan fingerprint density at radius 1 is 0.365 bits per heavy atom. The number of unbranched alkanes of at least 4 members (excludes halogenated alkanes) is 18. The molecule has 0 aliphatic rings. The molecular weight excluding hydrogens is 643 g/mol. The van der Waals surface area contributed by atoms with Crippen LogP contribution in [0, 0.1) is 11.8 Å². The molecule has 318 valence electrons. The van der Waals surface area contributed by atoms with Crippen LogP contribution in [0.2, 0.25) is 0 Å². The second-order valence-electron chi connectivity index (χ2n) is 15.2. The Bertz CT molecular complexity index is 517. The predicted octanol–water partition coefficient (Wildman–Crippen LogP) is 14.9. The van der Waals surface area contributed by atoms with Crippen molar-refractivity contribution < 1.29 is 20.5 Å². The fourth-order valence-electron chi connectivity index (χ4n) is 7.20. The summed E-state index contributed by atoms with van der Waals surface area (Å²) in [5.74, 6) is 1.90. The predicted molar refractivity (Wildman–Crippen MR) is 235 cm³/mol. The molecule has 52 heavy (non-hydrogen) atoms. The van der Waals surface area contributed by atoms with Gasteiger partial charge in [0.2, 0.25) is 0 Å². The van der Waals surface area contributed by atoms with Gasteiger partial charge in [0.05, 0.1) is 0 Å². The van der Waals surface area contributed by atoms with Crippen molar-refractivity contribution >= 4 is 13.6 Å². The Morgan fingerprint density at radius 2 is 0.615 bits per heavy atom. The first-order chi connectivity index (χ1) is 25.3. The molecule has 0 atom stereocenters. The summed E-state index contributed by atoms with van der Waals surface area (Å²) < 4.78 is 12.0. The van der Waals surface area contributed by atoms with Crippen molar-refractivity contribution in [3.63, 3.8) is 0 Å². The van der Waals surface area contributed by atoms with E-state index < -0.39 is 0 Å². The normalized spacial score (nSPS) is 10.9. The molecule has 5 heteroatoms. The molecule has 5 nitrogen and oxygen atoms in total. The van der Waals surface area contributed by atoms with Crippen LogP contribution in [0.3, 0.4) is 0 Å².